The molecule has 2 atom stereocenters. The molecule has 4 aliphatic rings. The van der Waals surface area contributed by atoms with E-state index in [4.69, 9.17) is 4.74 Å². The predicted molar refractivity (Wildman–Crippen MR) is 158 cm³/mol. The molecule has 1 N–H and O–H groups in total. The third-order valence-electron chi connectivity index (χ3n) is 8.53. The Balaban J connectivity index is 1.38. The van der Waals surface area contributed by atoms with Crippen molar-refractivity contribution in [2.75, 3.05) is 12.0 Å². The molecular weight excluding hydrogens is 582 g/mol. The first-order valence-electron chi connectivity index (χ1n) is 13.3. The smallest absolute Gasteiger partial charge is 0.271 e. The molecule has 41 heavy (non-hydrogen) atoms. The summed E-state index contributed by atoms with van der Waals surface area (Å²) in [6.45, 7) is 0. The quantitative estimate of drug-likeness (QED) is 0.187. The Morgan fingerprint density at radius 1 is 0.902 bits per heavy atom. The molecule has 1 saturated heterocycles. The number of halogens is 1. The number of benzene rings is 4. The summed E-state index contributed by atoms with van der Waals surface area (Å²) < 4.78 is 6.10. The van der Waals surface area contributed by atoms with E-state index in [1.165, 1.54) is 12.0 Å². The van der Waals surface area contributed by atoms with Crippen molar-refractivity contribution in [3.05, 3.63) is 129 Å². The maximum Gasteiger partial charge on any atom is 0.271 e. The van der Waals surface area contributed by atoms with Crippen molar-refractivity contribution < 1.29 is 19.1 Å². The minimum Gasteiger partial charge on any atom is -0.497 e. The number of nitrogens with one attached hydrogen (secondary N) is 1. The number of hydrogen-bond donors (Lipinski definition) is 1. The minimum absolute atomic E-state index is 0.227. The van der Waals surface area contributed by atoms with E-state index in [-0.39, 0.29) is 17.7 Å². The number of carbonyl (C=O) groups is 3. The number of rotatable bonds is 5. The summed E-state index contributed by atoms with van der Waals surface area (Å²) >= 11 is 3.44. The van der Waals surface area contributed by atoms with Gasteiger partial charge in [-0.15, -0.1) is 0 Å². The van der Waals surface area contributed by atoms with Gasteiger partial charge in [-0.3, -0.25) is 14.4 Å². The van der Waals surface area contributed by atoms with Gasteiger partial charge >= 0.3 is 0 Å². The number of ether oxygens (including phenoxy) is 1. The zero-order valence-electron chi connectivity index (χ0n) is 22.0. The van der Waals surface area contributed by atoms with Gasteiger partial charge in [0.2, 0.25) is 11.8 Å². The maximum atomic E-state index is 14.4. The molecular formula is C33H24BrN3O4. The Hall–Kier alpha value is -4.56. The molecule has 1 aliphatic heterocycles. The molecule has 0 spiro atoms. The topological polar surface area (TPSA) is 88.1 Å². The zero-order chi connectivity index (χ0) is 28.3. The maximum absolute atomic E-state index is 14.4. The molecule has 4 aromatic rings. The summed E-state index contributed by atoms with van der Waals surface area (Å²) in [7, 11) is 1.54. The molecule has 1 heterocycles. The Labute approximate surface area is 245 Å². The number of nitrogens with zero attached hydrogens (tertiary/aromatic N) is 2. The number of amides is 3. The van der Waals surface area contributed by atoms with Crippen LogP contribution in [0.25, 0.3) is 0 Å². The van der Waals surface area contributed by atoms with Crippen LogP contribution in [-0.2, 0) is 15.0 Å². The second-order valence-electron chi connectivity index (χ2n) is 10.4. The molecule has 0 radical (unpaired) electrons. The molecule has 1 fully saturated rings. The largest absolute Gasteiger partial charge is 0.497 e. The molecule has 4 aromatic carbocycles. The molecule has 2 bridgehead atoms. The molecule has 3 aliphatic carbocycles. The van der Waals surface area contributed by atoms with E-state index in [0.717, 1.165) is 26.7 Å². The van der Waals surface area contributed by atoms with Crippen molar-refractivity contribution in [2.24, 2.45) is 16.9 Å². The van der Waals surface area contributed by atoms with Crippen molar-refractivity contribution >= 4 is 45.6 Å². The Morgan fingerprint density at radius 2 is 1.56 bits per heavy atom. The Kier molecular flexibility index (Phi) is 5.90. The van der Waals surface area contributed by atoms with Gasteiger partial charge in [-0.1, -0.05) is 70.5 Å². The summed E-state index contributed by atoms with van der Waals surface area (Å²) in [6, 6.07) is 29.8. The summed E-state index contributed by atoms with van der Waals surface area (Å²) in [4.78, 5) is 42.9. The molecule has 3 amide bonds. The monoisotopic (exact) mass is 605 g/mol. The highest BCUT2D eigenvalue weighted by molar-refractivity contribution is 9.10. The fourth-order valence-electron chi connectivity index (χ4n) is 6.92. The van der Waals surface area contributed by atoms with Gasteiger partial charge in [0.1, 0.15) is 5.75 Å². The van der Waals surface area contributed by atoms with Crippen LogP contribution in [-0.4, -0.2) is 31.0 Å². The molecule has 7 nitrogen and oxygen atoms in total. The van der Waals surface area contributed by atoms with Gasteiger partial charge in [-0.2, -0.15) is 5.10 Å². The van der Waals surface area contributed by atoms with Crippen LogP contribution in [0.3, 0.4) is 0 Å². The lowest BCUT2D eigenvalue weighted by Crippen LogP contribution is -2.54. The summed E-state index contributed by atoms with van der Waals surface area (Å²) in [5.74, 6) is -1.98. The van der Waals surface area contributed by atoms with Crippen LogP contribution in [0.4, 0.5) is 5.69 Å². The lowest BCUT2D eigenvalue weighted by atomic mass is 9.47. The summed E-state index contributed by atoms with van der Waals surface area (Å²) in [5, 5.41) is 4.47. The fourth-order valence-corrected chi connectivity index (χ4v) is 7.18. The predicted octanol–water partition coefficient (Wildman–Crippen LogP) is 5.42. The van der Waals surface area contributed by atoms with Gasteiger partial charge in [-0.25, -0.2) is 10.3 Å². The molecule has 0 saturated carbocycles. The van der Waals surface area contributed by atoms with Gasteiger partial charge in [0.15, 0.2) is 0 Å². The third-order valence-corrected chi connectivity index (χ3v) is 9.06. The van der Waals surface area contributed by atoms with Crippen LogP contribution in [0.2, 0.25) is 0 Å². The van der Waals surface area contributed by atoms with Crippen LogP contribution in [0.15, 0.2) is 107 Å². The number of hydrazone groups is 1. The Morgan fingerprint density at radius 3 is 2.22 bits per heavy atom. The standard InChI is InChI=1S/C33H24BrN3O4/c1-41-22-8-6-7-19(17-22)30(38)36-35-18-33-25-11-4-2-9-23(25)27(24-10-3-5-12-26(24)33)28-29(33)32(40)37(31(28)39)21-15-13-20(34)14-16-21/h2-18,27-29H,1H3,(H,36,38)/b35-18+/t27?,28-,29-,33?/m1/s1. The second-order valence-corrected chi connectivity index (χ2v) is 11.4. The van der Waals surface area contributed by atoms with Crippen LogP contribution >= 0.6 is 15.9 Å². The van der Waals surface area contributed by atoms with E-state index in [1.807, 2.05) is 60.7 Å². The second kappa shape index (κ2) is 9.52. The van der Waals surface area contributed by atoms with Crippen molar-refractivity contribution in [2.45, 2.75) is 11.3 Å². The van der Waals surface area contributed by atoms with Crippen LogP contribution in [0, 0.1) is 11.8 Å². The number of hydrogen-bond acceptors (Lipinski definition) is 5. The fraction of sp³-hybridized carbons (Fsp3) is 0.152. The van der Waals surface area contributed by atoms with E-state index >= 15 is 0 Å². The summed E-state index contributed by atoms with van der Waals surface area (Å²) in [6.07, 6.45) is 1.66. The summed E-state index contributed by atoms with van der Waals surface area (Å²) in [5.41, 5.74) is 6.34. The Bertz CT molecular complexity index is 1720. The van der Waals surface area contributed by atoms with Gasteiger partial charge in [-0.05, 0) is 64.7 Å². The number of carbonyl (C=O) groups excluding carboxylic acids is 3. The lowest BCUT2D eigenvalue weighted by molar-refractivity contribution is -0.122. The van der Waals surface area contributed by atoms with Gasteiger partial charge < -0.3 is 4.74 Å². The van der Waals surface area contributed by atoms with E-state index in [0.29, 0.717) is 17.0 Å². The zero-order valence-corrected chi connectivity index (χ0v) is 23.5. The third kappa shape index (κ3) is 3.63. The van der Waals surface area contributed by atoms with Gasteiger partial charge in [0.05, 0.1) is 30.0 Å². The SMILES string of the molecule is COc1cccc(C(=O)N/N=C/C23c4ccccc4C(c4ccccc42)[C@H]2C(=O)N(c4ccc(Br)cc4)C(=O)[C@@H]23)c1. The van der Waals surface area contributed by atoms with Crippen molar-refractivity contribution in [3.8, 4) is 5.75 Å². The van der Waals surface area contributed by atoms with Crippen molar-refractivity contribution in [1.29, 1.82) is 0 Å². The average molecular weight is 606 g/mol. The number of anilines is 1. The average Bonchev–Trinajstić information content (AvgIpc) is 3.28. The van der Waals surface area contributed by atoms with E-state index in [9.17, 15) is 14.4 Å². The number of imide groups is 1. The highest BCUT2D eigenvalue weighted by Crippen LogP contribution is 2.63. The highest BCUT2D eigenvalue weighted by atomic mass is 79.9. The van der Waals surface area contributed by atoms with Crippen molar-refractivity contribution in [1.82, 2.24) is 5.43 Å². The molecule has 8 heteroatoms. The number of methoxy groups -OCH3 is 1. The molecule has 202 valence electrons. The van der Waals surface area contributed by atoms with Gasteiger partial charge in [0.25, 0.3) is 5.91 Å². The first-order chi connectivity index (χ1) is 20.0. The molecule has 8 rings (SSSR count). The van der Waals surface area contributed by atoms with Crippen molar-refractivity contribution in [3.63, 3.8) is 0 Å². The first-order valence-corrected chi connectivity index (χ1v) is 14.1. The minimum atomic E-state index is -1.06. The van der Waals surface area contributed by atoms with E-state index in [1.54, 1.807) is 42.6 Å². The molecule has 0 aromatic heterocycles. The van der Waals surface area contributed by atoms with E-state index < -0.39 is 23.2 Å². The normalized spacial score (nSPS) is 23.8. The van der Waals surface area contributed by atoms with Crippen LogP contribution in [0.5, 0.6) is 5.75 Å². The first kappa shape index (κ1) is 25.4. The van der Waals surface area contributed by atoms with E-state index in [2.05, 4.69) is 26.5 Å². The highest BCUT2D eigenvalue weighted by Gasteiger charge is 2.68. The lowest BCUT2D eigenvalue weighted by Gasteiger charge is -2.52. The van der Waals surface area contributed by atoms with Gasteiger partial charge in [0, 0.05) is 22.2 Å². The van der Waals surface area contributed by atoms with Crippen LogP contribution in [0.1, 0.15) is 38.5 Å². The molecule has 0 unspecified atom stereocenters. The van der Waals surface area contributed by atoms with Crippen LogP contribution < -0.4 is 15.1 Å².